The first-order valence-electron chi connectivity index (χ1n) is 3.92. The van der Waals surface area contributed by atoms with Crippen molar-refractivity contribution in [3.05, 3.63) is 27.5 Å². The van der Waals surface area contributed by atoms with Crippen LogP contribution in [0.2, 0.25) is 0 Å². The first-order chi connectivity index (χ1) is 7.29. The summed E-state index contributed by atoms with van der Waals surface area (Å²) in [6.45, 7) is -1.02. The molecule has 2 nitrogen and oxygen atoms in total. The van der Waals surface area contributed by atoms with Gasteiger partial charge in [-0.05, 0) is 15.9 Å². The molecule has 0 amide bonds. The molecule has 1 rings (SSSR count). The van der Waals surface area contributed by atoms with E-state index < -0.39 is 35.9 Å². The van der Waals surface area contributed by atoms with E-state index >= 15 is 0 Å². The maximum Gasteiger partial charge on any atom is 0.417 e. The SMILES string of the molecule is OCc1c(Br)ncc(C(F)F)c1C(F)(F)F. The maximum absolute atomic E-state index is 12.5. The predicted octanol–water partition coefficient (Wildman–Crippen LogP) is 3.29. The van der Waals surface area contributed by atoms with E-state index in [1.54, 1.807) is 0 Å². The van der Waals surface area contributed by atoms with Gasteiger partial charge in [0.15, 0.2) is 0 Å². The molecule has 0 aliphatic carbocycles. The summed E-state index contributed by atoms with van der Waals surface area (Å²) in [5.74, 6) is 0. The van der Waals surface area contributed by atoms with Crippen molar-refractivity contribution in [3.8, 4) is 0 Å². The number of halogens is 6. The highest BCUT2D eigenvalue weighted by molar-refractivity contribution is 9.10. The molecule has 0 aliphatic rings. The lowest BCUT2D eigenvalue weighted by Gasteiger charge is -2.16. The normalized spacial score (nSPS) is 12.2. The van der Waals surface area contributed by atoms with Gasteiger partial charge in [-0.15, -0.1) is 0 Å². The molecule has 0 saturated heterocycles. The molecule has 0 aliphatic heterocycles. The maximum atomic E-state index is 12.5. The fourth-order valence-corrected chi connectivity index (χ4v) is 1.62. The van der Waals surface area contributed by atoms with E-state index in [2.05, 4.69) is 20.9 Å². The van der Waals surface area contributed by atoms with Gasteiger partial charge < -0.3 is 5.11 Å². The van der Waals surface area contributed by atoms with Crippen LogP contribution in [0.15, 0.2) is 10.8 Å². The van der Waals surface area contributed by atoms with Gasteiger partial charge in [-0.1, -0.05) is 0 Å². The fraction of sp³-hybridized carbons (Fsp3) is 0.375. The number of alkyl halides is 5. The van der Waals surface area contributed by atoms with E-state index in [1.807, 2.05) is 0 Å². The average Bonchev–Trinajstić information content (AvgIpc) is 2.15. The molecule has 0 bridgehead atoms. The number of aliphatic hydroxyl groups is 1. The lowest BCUT2D eigenvalue weighted by molar-refractivity contribution is -0.140. The topological polar surface area (TPSA) is 33.1 Å². The minimum atomic E-state index is -4.96. The van der Waals surface area contributed by atoms with Crippen LogP contribution >= 0.6 is 15.9 Å². The van der Waals surface area contributed by atoms with Gasteiger partial charge in [0.25, 0.3) is 6.43 Å². The van der Waals surface area contributed by atoms with Crippen molar-refractivity contribution in [1.29, 1.82) is 0 Å². The Labute approximate surface area is 95.2 Å². The first-order valence-corrected chi connectivity index (χ1v) is 4.71. The highest BCUT2D eigenvalue weighted by Gasteiger charge is 2.39. The Morgan fingerprint density at radius 1 is 1.38 bits per heavy atom. The number of aliphatic hydroxyl groups excluding tert-OH is 1. The van der Waals surface area contributed by atoms with E-state index in [4.69, 9.17) is 5.11 Å². The summed E-state index contributed by atoms with van der Waals surface area (Å²) in [5.41, 5.74) is -3.46. The smallest absolute Gasteiger partial charge is 0.392 e. The quantitative estimate of drug-likeness (QED) is 0.672. The van der Waals surface area contributed by atoms with Crippen LogP contribution in [-0.4, -0.2) is 10.1 Å². The van der Waals surface area contributed by atoms with Crippen LogP contribution in [0.1, 0.15) is 23.1 Å². The van der Waals surface area contributed by atoms with Crippen LogP contribution in [0.5, 0.6) is 0 Å². The zero-order valence-electron chi connectivity index (χ0n) is 7.52. The minimum absolute atomic E-state index is 0.299. The molecule has 0 fully saturated rings. The van der Waals surface area contributed by atoms with Gasteiger partial charge in [0, 0.05) is 17.3 Å². The number of aromatic nitrogens is 1. The standard InChI is InChI=1S/C8H5BrF5NO/c9-6-4(2-16)5(8(12,13)14)3(1-15-6)7(10)11/h1,7,16H,2H2. The van der Waals surface area contributed by atoms with Gasteiger partial charge in [0.2, 0.25) is 0 Å². The first kappa shape index (κ1) is 13.3. The van der Waals surface area contributed by atoms with E-state index in [1.165, 1.54) is 0 Å². The summed E-state index contributed by atoms with van der Waals surface area (Å²) >= 11 is 2.67. The molecule has 16 heavy (non-hydrogen) atoms. The second kappa shape index (κ2) is 4.62. The minimum Gasteiger partial charge on any atom is -0.392 e. The van der Waals surface area contributed by atoms with Crippen molar-refractivity contribution >= 4 is 15.9 Å². The Morgan fingerprint density at radius 3 is 2.31 bits per heavy atom. The number of rotatable bonds is 2. The lowest BCUT2D eigenvalue weighted by Crippen LogP contribution is -2.15. The third-order valence-electron chi connectivity index (χ3n) is 1.83. The Morgan fingerprint density at radius 2 is 1.94 bits per heavy atom. The third-order valence-corrected chi connectivity index (χ3v) is 2.52. The van der Waals surface area contributed by atoms with Crippen molar-refractivity contribution in [1.82, 2.24) is 4.98 Å². The zero-order chi connectivity index (χ0) is 12.5. The van der Waals surface area contributed by atoms with Crippen LogP contribution in [-0.2, 0) is 12.8 Å². The Bertz CT molecular complexity index is 393. The van der Waals surface area contributed by atoms with Crippen LogP contribution in [0.25, 0.3) is 0 Å². The molecule has 90 valence electrons. The van der Waals surface area contributed by atoms with Gasteiger partial charge >= 0.3 is 6.18 Å². The van der Waals surface area contributed by atoms with Crippen molar-refractivity contribution in [2.45, 2.75) is 19.2 Å². The van der Waals surface area contributed by atoms with Gasteiger partial charge in [0.1, 0.15) is 4.60 Å². The molecular weight excluding hydrogens is 301 g/mol. The largest absolute Gasteiger partial charge is 0.417 e. The summed E-state index contributed by atoms with van der Waals surface area (Å²) in [6, 6.07) is 0. The molecule has 1 aromatic rings. The van der Waals surface area contributed by atoms with Crippen molar-refractivity contribution in [2.75, 3.05) is 0 Å². The van der Waals surface area contributed by atoms with Crippen LogP contribution in [0, 0.1) is 0 Å². The molecule has 8 heteroatoms. The van der Waals surface area contributed by atoms with Crippen molar-refractivity contribution < 1.29 is 27.1 Å². The predicted molar refractivity (Wildman–Crippen MR) is 47.8 cm³/mol. The molecule has 0 spiro atoms. The molecule has 0 radical (unpaired) electrons. The molecule has 0 saturated carbocycles. The molecule has 0 atom stereocenters. The van der Waals surface area contributed by atoms with Gasteiger partial charge in [0.05, 0.1) is 12.2 Å². The number of hydrogen-bond donors (Lipinski definition) is 1. The van der Waals surface area contributed by atoms with E-state index in [0.717, 1.165) is 0 Å². The summed E-state index contributed by atoms with van der Waals surface area (Å²) in [6.07, 6.45) is -7.83. The van der Waals surface area contributed by atoms with Gasteiger partial charge in [-0.25, -0.2) is 13.8 Å². The van der Waals surface area contributed by atoms with Crippen LogP contribution in [0.4, 0.5) is 22.0 Å². The molecule has 0 aromatic carbocycles. The van der Waals surface area contributed by atoms with Crippen LogP contribution < -0.4 is 0 Å². The van der Waals surface area contributed by atoms with Gasteiger partial charge in [-0.3, -0.25) is 0 Å². The van der Waals surface area contributed by atoms with Crippen molar-refractivity contribution in [2.24, 2.45) is 0 Å². The second-order valence-corrected chi connectivity index (χ2v) is 3.57. The van der Waals surface area contributed by atoms with Crippen LogP contribution in [0.3, 0.4) is 0 Å². The third kappa shape index (κ3) is 2.49. The molecule has 1 N–H and O–H groups in total. The second-order valence-electron chi connectivity index (χ2n) is 2.81. The zero-order valence-corrected chi connectivity index (χ0v) is 9.11. The number of nitrogens with zero attached hydrogens (tertiary/aromatic N) is 1. The number of pyridine rings is 1. The summed E-state index contributed by atoms with van der Waals surface area (Å²) in [4.78, 5) is 3.32. The Balaban J connectivity index is 3.54. The Hall–Kier alpha value is -0.760. The molecule has 1 aromatic heterocycles. The fourth-order valence-electron chi connectivity index (χ4n) is 1.19. The highest BCUT2D eigenvalue weighted by Crippen LogP contribution is 2.40. The lowest BCUT2D eigenvalue weighted by atomic mass is 10.0. The van der Waals surface area contributed by atoms with E-state index in [9.17, 15) is 22.0 Å². The van der Waals surface area contributed by atoms with Gasteiger partial charge in [-0.2, -0.15) is 13.2 Å². The molecular formula is C8H5BrF5NO. The summed E-state index contributed by atoms with van der Waals surface area (Å²) in [5, 5.41) is 8.75. The Kier molecular flexibility index (Phi) is 3.84. The average molecular weight is 306 g/mol. The van der Waals surface area contributed by atoms with Crippen molar-refractivity contribution in [3.63, 3.8) is 0 Å². The monoisotopic (exact) mass is 305 g/mol. The summed E-state index contributed by atoms with van der Waals surface area (Å²) in [7, 11) is 0. The van der Waals surface area contributed by atoms with E-state index in [-0.39, 0.29) is 4.60 Å². The summed E-state index contributed by atoms with van der Waals surface area (Å²) < 4.78 is 62.1. The number of hydrogen-bond acceptors (Lipinski definition) is 2. The molecule has 0 unspecified atom stereocenters. The molecule has 1 heterocycles. The highest BCUT2D eigenvalue weighted by atomic mass is 79.9. The van der Waals surface area contributed by atoms with E-state index in [0.29, 0.717) is 6.20 Å².